The zero-order chi connectivity index (χ0) is 19.3. The molecule has 0 spiro atoms. The zero-order valence-electron chi connectivity index (χ0n) is 15.9. The highest BCUT2D eigenvalue weighted by Crippen LogP contribution is 2.18. The molecule has 2 heterocycles. The van der Waals surface area contributed by atoms with Gasteiger partial charge in [-0.25, -0.2) is 9.97 Å². The second-order valence-electron chi connectivity index (χ2n) is 6.89. The number of carbonyl (C=O) groups is 1. The molecule has 142 valence electrons. The lowest BCUT2D eigenvalue weighted by molar-refractivity contribution is 0.102. The van der Waals surface area contributed by atoms with E-state index < -0.39 is 0 Å². The van der Waals surface area contributed by atoms with Crippen LogP contribution in [0.4, 0.5) is 17.2 Å². The van der Waals surface area contributed by atoms with Crippen molar-refractivity contribution in [2.24, 2.45) is 0 Å². The molecule has 0 atom stereocenters. The summed E-state index contributed by atoms with van der Waals surface area (Å²) < 4.78 is 0. The van der Waals surface area contributed by atoms with Crippen molar-refractivity contribution in [3.05, 3.63) is 78.2 Å². The molecule has 1 saturated heterocycles. The van der Waals surface area contributed by atoms with Crippen LogP contribution < -0.4 is 15.1 Å². The number of nitrogens with zero attached hydrogens (tertiary/aromatic N) is 4. The van der Waals surface area contributed by atoms with Crippen molar-refractivity contribution in [2.45, 2.75) is 6.92 Å². The number of rotatable bonds is 4. The van der Waals surface area contributed by atoms with E-state index >= 15 is 0 Å². The van der Waals surface area contributed by atoms with E-state index in [2.05, 4.69) is 49.4 Å². The Morgan fingerprint density at radius 2 is 1.64 bits per heavy atom. The molecule has 1 aliphatic heterocycles. The van der Waals surface area contributed by atoms with Crippen LogP contribution in [0.5, 0.6) is 0 Å². The summed E-state index contributed by atoms with van der Waals surface area (Å²) in [6, 6.07) is 18.1. The molecule has 0 radical (unpaired) electrons. The van der Waals surface area contributed by atoms with Crippen LogP contribution in [0.2, 0.25) is 0 Å². The standard InChI is InChI=1S/C22H23N5O/c1-17-6-5-7-18(14-17)25-22(28)20-15-24-21(16-23-20)27-12-10-26(11-13-27)19-8-3-2-4-9-19/h2-9,14-16H,10-13H2,1H3,(H,25,28). The molecular weight excluding hydrogens is 350 g/mol. The Bertz CT molecular complexity index is 935. The predicted molar refractivity (Wildman–Crippen MR) is 112 cm³/mol. The Morgan fingerprint density at radius 3 is 2.32 bits per heavy atom. The lowest BCUT2D eigenvalue weighted by Crippen LogP contribution is -2.46. The number of anilines is 3. The van der Waals surface area contributed by atoms with E-state index in [1.807, 2.05) is 37.3 Å². The Morgan fingerprint density at radius 1 is 0.893 bits per heavy atom. The Balaban J connectivity index is 1.36. The number of nitrogens with one attached hydrogen (secondary N) is 1. The summed E-state index contributed by atoms with van der Waals surface area (Å²) >= 11 is 0. The van der Waals surface area contributed by atoms with E-state index in [4.69, 9.17) is 0 Å². The minimum Gasteiger partial charge on any atom is -0.368 e. The van der Waals surface area contributed by atoms with Gasteiger partial charge in [0.15, 0.2) is 0 Å². The smallest absolute Gasteiger partial charge is 0.275 e. The summed E-state index contributed by atoms with van der Waals surface area (Å²) in [6.07, 6.45) is 3.23. The van der Waals surface area contributed by atoms with Gasteiger partial charge >= 0.3 is 0 Å². The molecule has 6 nitrogen and oxygen atoms in total. The minimum absolute atomic E-state index is 0.251. The van der Waals surface area contributed by atoms with Gasteiger partial charge in [0.25, 0.3) is 5.91 Å². The lowest BCUT2D eigenvalue weighted by Gasteiger charge is -2.36. The quantitative estimate of drug-likeness (QED) is 0.760. The van der Waals surface area contributed by atoms with Crippen molar-refractivity contribution in [1.82, 2.24) is 9.97 Å². The fourth-order valence-electron chi connectivity index (χ4n) is 3.35. The Labute approximate surface area is 164 Å². The Hall–Kier alpha value is -3.41. The maximum absolute atomic E-state index is 12.4. The molecule has 1 aliphatic rings. The van der Waals surface area contributed by atoms with Gasteiger partial charge in [-0.15, -0.1) is 0 Å². The molecule has 0 unspecified atom stereocenters. The molecule has 0 saturated carbocycles. The number of piperazine rings is 1. The van der Waals surface area contributed by atoms with Crippen LogP contribution in [-0.4, -0.2) is 42.1 Å². The number of amides is 1. The molecule has 0 aliphatic carbocycles. The summed E-state index contributed by atoms with van der Waals surface area (Å²) in [4.78, 5) is 25.7. The zero-order valence-corrected chi connectivity index (χ0v) is 15.9. The van der Waals surface area contributed by atoms with Crippen molar-refractivity contribution in [2.75, 3.05) is 41.3 Å². The van der Waals surface area contributed by atoms with E-state index in [1.165, 1.54) is 5.69 Å². The number of benzene rings is 2. The normalized spacial score (nSPS) is 14.0. The van der Waals surface area contributed by atoms with Crippen LogP contribution >= 0.6 is 0 Å². The van der Waals surface area contributed by atoms with Gasteiger partial charge < -0.3 is 15.1 Å². The van der Waals surface area contributed by atoms with Gasteiger partial charge in [0.05, 0.1) is 12.4 Å². The second-order valence-corrected chi connectivity index (χ2v) is 6.89. The van der Waals surface area contributed by atoms with E-state index in [9.17, 15) is 4.79 Å². The molecule has 1 aromatic heterocycles. The molecule has 6 heteroatoms. The van der Waals surface area contributed by atoms with Crippen LogP contribution in [0.3, 0.4) is 0 Å². The van der Waals surface area contributed by atoms with E-state index in [0.29, 0.717) is 5.69 Å². The highest BCUT2D eigenvalue weighted by Gasteiger charge is 2.19. The topological polar surface area (TPSA) is 61.4 Å². The van der Waals surface area contributed by atoms with Crippen molar-refractivity contribution in [1.29, 1.82) is 0 Å². The van der Waals surface area contributed by atoms with Crippen LogP contribution in [-0.2, 0) is 0 Å². The third-order valence-corrected chi connectivity index (χ3v) is 4.87. The van der Waals surface area contributed by atoms with Crippen molar-refractivity contribution in [3.8, 4) is 0 Å². The van der Waals surface area contributed by atoms with Gasteiger partial charge in [-0.3, -0.25) is 4.79 Å². The van der Waals surface area contributed by atoms with Gasteiger partial charge in [-0.1, -0.05) is 30.3 Å². The summed E-state index contributed by atoms with van der Waals surface area (Å²) in [7, 11) is 0. The highest BCUT2D eigenvalue weighted by molar-refractivity contribution is 6.02. The predicted octanol–water partition coefficient (Wildman–Crippen LogP) is 3.36. The largest absolute Gasteiger partial charge is 0.368 e. The second kappa shape index (κ2) is 8.08. The minimum atomic E-state index is -0.251. The highest BCUT2D eigenvalue weighted by atomic mass is 16.1. The molecular formula is C22H23N5O. The average molecular weight is 373 g/mol. The van der Waals surface area contributed by atoms with Gasteiger partial charge in [-0.05, 0) is 36.8 Å². The molecule has 4 rings (SSSR count). The van der Waals surface area contributed by atoms with E-state index in [1.54, 1.807) is 12.4 Å². The number of aromatic nitrogens is 2. The first-order chi connectivity index (χ1) is 13.7. The van der Waals surface area contributed by atoms with E-state index in [-0.39, 0.29) is 5.91 Å². The fourth-order valence-corrected chi connectivity index (χ4v) is 3.35. The molecule has 1 fully saturated rings. The number of carbonyl (C=O) groups excluding carboxylic acids is 1. The maximum Gasteiger partial charge on any atom is 0.275 e. The van der Waals surface area contributed by atoms with Crippen LogP contribution in [0.25, 0.3) is 0 Å². The lowest BCUT2D eigenvalue weighted by atomic mass is 10.2. The first-order valence-electron chi connectivity index (χ1n) is 9.44. The third-order valence-electron chi connectivity index (χ3n) is 4.87. The monoisotopic (exact) mass is 373 g/mol. The van der Waals surface area contributed by atoms with Gasteiger partial charge in [0.2, 0.25) is 0 Å². The maximum atomic E-state index is 12.4. The molecule has 1 amide bonds. The van der Waals surface area contributed by atoms with Gasteiger partial charge in [-0.2, -0.15) is 0 Å². The van der Waals surface area contributed by atoms with Crippen molar-refractivity contribution in [3.63, 3.8) is 0 Å². The molecule has 28 heavy (non-hydrogen) atoms. The summed E-state index contributed by atoms with van der Waals surface area (Å²) in [5.74, 6) is 0.554. The summed E-state index contributed by atoms with van der Waals surface area (Å²) in [5, 5.41) is 2.86. The fraction of sp³-hybridized carbons (Fsp3) is 0.227. The van der Waals surface area contributed by atoms with Gasteiger partial charge in [0.1, 0.15) is 11.5 Å². The average Bonchev–Trinajstić information content (AvgIpc) is 2.75. The van der Waals surface area contributed by atoms with Crippen LogP contribution in [0.1, 0.15) is 16.1 Å². The Kier molecular flexibility index (Phi) is 5.19. The van der Waals surface area contributed by atoms with Crippen LogP contribution in [0.15, 0.2) is 67.0 Å². The van der Waals surface area contributed by atoms with Crippen molar-refractivity contribution >= 4 is 23.1 Å². The molecule has 0 bridgehead atoms. The SMILES string of the molecule is Cc1cccc(NC(=O)c2cnc(N3CCN(c4ccccc4)CC3)cn2)c1. The summed E-state index contributed by atoms with van der Waals surface area (Å²) in [5.41, 5.74) is 3.41. The van der Waals surface area contributed by atoms with Crippen molar-refractivity contribution < 1.29 is 4.79 Å². The molecule has 3 aromatic rings. The summed E-state index contributed by atoms with van der Waals surface area (Å²) in [6.45, 7) is 5.60. The number of hydrogen-bond acceptors (Lipinski definition) is 5. The third kappa shape index (κ3) is 4.11. The number of aryl methyl sites for hydroxylation is 1. The number of para-hydroxylation sites is 1. The van der Waals surface area contributed by atoms with Gasteiger partial charge in [0, 0.05) is 37.6 Å². The molecule has 2 aromatic carbocycles. The first kappa shape index (κ1) is 18.0. The first-order valence-corrected chi connectivity index (χ1v) is 9.44. The number of hydrogen-bond donors (Lipinski definition) is 1. The van der Waals surface area contributed by atoms with Crippen LogP contribution in [0, 0.1) is 6.92 Å². The molecule has 1 N–H and O–H groups in total. The van der Waals surface area contributed by atoms with E-state index in [0.717, 1.165) is 43.2 Å².